The van der Waals surface area contributed by atoms with Gasteiger partial charge in [-0.25, -0.2) is 0 Å². The van der Waals surface area contributed by atoms with E-state index in [9.17, 15) is 5.11 Å². The molecule has 1 fully saturated rings. The van der Waals surface area contributed by atoms with Crippen molar-refractivity contribution in [3.8, 4) is 0 Å². The fourth-order valence-corrected chi connectivity index (χ4v) is 2.59. The summed E-state index contributed by atoms with van der Waals surface area (Å²) >= 11 is 0. The lowest BCUT2D eigenvalue weighted by Crippen LogP contribution is -2.46. The summed E-state index contributed by atoms with van der Waals surface area (Å²) in [5, 5.41) is 19.1. The number of nitrogens with zero attached hydrogens (tertiary/aromatic N) is 2. The maximum Gasteiger partial charge on any atom is 0.0841 e. The lowest BCUT2D eigenvalue weighted by Gasteiger charge is -2.36. The van der Waals surface area contributed by atoms with Gasteiger partial charge in [0.2, 0.25) is 0 Å². The van der Waals surface area contributed by atoms with Crippen LogP contribution in [0.2, 0.25) is 0 Å². The third-order valence-electron chi connectivity index (χ3n) is 3.87. The number of aryl methyl sites for hydroxylation is 1. The smallest absolute Gasteiger partial charge is 0.0841 e. The van der Waals surface area contributed by atoms with Crippen LogP contribution in [0.15, 0.2) is 24.3 Å². The first-order valence-electron chi connectivity index (χ1n) is 6.52. The molecule has 0 saturated heterocycles. The van der Waals surface area contributed by atoms with E-state index in [-0.39, 0.29) is 0 Å². The van der Waals surface area contributed by atoms with E-state index in [4.69, 9.17) is 0 Å². The molecule has 4 heteroatoms. The number of nitrogens with one attached hydrogen (secondary N) is 1. The minimum absolute atomic E-state index is 0.468. The van der Waals surface area contributed by atoms with Crippen molar-refractivity contribution in [1.82, 2.24) is 15.1 Å². The van der Waals surface area contributed by atoms with Gasteiger partial charge >= 0.3 is 0 Å². The number of hydrogen-bond acceptors (Lipinski definition) is 3. The van der Waals surface area contributed by atoms with Crippen molar-refractivity contribution in [2.24, 2.45) is 7.05 Å². The van der Waals surface area contributed by atoms with Gasteiger partial charge in [0.05, 0.1) is 16.8 Å². The molecule has 0 bridgehead atoms. The Bertz CT molecular complexity index is 557. The van der Waals surface area contributed by atoms with Crippen LogP contribution in [0.5, 0.6) is 0 Å². The second-order valence-electron chi connectivity index (χ2n) is 5.27. The fourth-order valence-electron chi connectivity index (χ4n) is 2.59. The summed E-state index contributed by atoms with van der Waals surface area (Å²) in [6, 6.07) is 8.23. The highest BCUT2D eigenvalue weighted by Crippen LogP contribution is 2.30. The minimum Gasteiger partial charge on any atom is -0.389 e. The van der Waals surface area contributed by atoms with Gasteiger partial charge in [-0.15, -0.1) is 0 Å². The molecule has 96 valence electrons. The van der Waals surface area contributed by atoms with Crippen LogP contribution in [-0.4, -0.2) is 27.0 Å². The quantitative estimate of drug-likeness (QED) is 0.860. The number of benzene rings is 1. The Kier molecular flexibility index (Phi) is 2.84. The van der Waals surface area contributed by atoms with Crippen LogP contribution in [-0.2, 0) is 13.6 Å². The summed E-state index contributed by atoms with van der Waals surface area (Å²) in [4.78, 5) is 0. The number of para-hydroxylation sites is 1. The molecule has 3 rings (SSSR count). The van der Waals surface area contributed by atoms with E-state index >= 15 is 0 Å². The van der Waals surface area contributed by atoms with Crippen LogP contribution in [0.25, 0.3) is 10.9 Å². The van der Waals surface area contributed by atoms with Crippen molar-refractivity contribution < 1.29 is 5.11 Å². The number of fused-ring (bicyclic) bond motifs is 1. The van der Waals surface area contributed by atoms with Crippen molar-refractivity contribution in [1.29, 1.82) is 0 Å². The van der Waals surface area contributed by atoms with Crippen molar-refractivity contribution in [3.05, 3.63) is 30.0 Å². The minimum atomic E-state index is -0.468. The molecule has 1 aromatic heterocycles. The monoisotopic (exact) mass is 245 g/mol. The molecule has 1 aliphatic rings. The maximum atomic E-state index is 10.0. The summed E-state index contributed by atoms with van der Waals surface area (Å²) in [6.45, 7) is 1.38. The molecule has 0 aliphatic heterocycles. The molecule has 4 nitrogen and oxygen atoms in total. The normalized spacial score (nSPS) is 17.9. The van der Waals surface area contributed by atoms with Gasteiger partial charge in [0.1, 0.15) is 0 Å². The molecular weight excluding hydrogens is 226 g/mol. The van der Waals surface area contributed by atoms with E-state index in [0.29, 0.717) is 13.1 Å². The van der Waals surface area contributed by atoms with Crippen molar-refractivity contribution in [2.45, 2.75) is 31.4 Å². The van der Waals surface area contributed by atoms with Crippen LogP contribution >= 0.6 is 0 Å². The highest BCUT2D eigenvalue weighted by atomic mass is 16.3. The van der Waals surface area contributed by atoms with Crippen LogP contribution < -0.4 is 5.32 Å². The van der Waals surface area contributed by atoms with E-state index in [2.05, 4.69) is 22.5 Å². The third-order valence-corrected chi connectivity index (χ3v) is 3.87. The first-order chi connectivity index (χ1) is 8.68. The van der Waals surface area contributed by atoms with Gasteiger partial charge < -0.3 is 10.4 Å². The predicted molar refractivity (Wildman–Crippen MR) is 71.2 cm³/mol. The van der Waals surface area contributed by atoms with Gasteiger partial charge in [-0.1, -0.05) is 18.2 Å². The number of aliphatic hydroxyl groups is 1. The topological polar surface area (TPSA) is 50.1 Å². The fraction of sp³-hybridized carbons (Fsp3) is 0.500. The van der Waals surface area contributed by atoms with E-state index in [0.717, 1.165) is 30.5 Å². The lowest BCUT2D eigenvalue weighted by molar-refractivity contribution is -0.0315. The summed E-state index contributed by atoms with van der Waals surface area (Å²) in [7, 11) is 1.96. The molecule has 0 radical (unpaired) electrons. The molecular formula is C14H19N3O. The second-order valence-corrected chi connectivity index (χ2v) is 5.27. The van der Waals surface area contributed by atoms with E-state index in [1.54, 1.807) is 0 Å². The Balaban J connectivity index is 1.71. The number of rotatable bonds is 4. The Hall–Kier alpha value is -1.39. The molecule has 1 aromatic carbocycles. The molecule has 1 aliphatic carbocycles. The van der Waals surface area contributed by atoms with E-state index in [1.807, 2.05) is 23.9 Å². The lowest BCUT2D eigenvalue weighted by atomic mass is 9.80. The summed E-state index contributed by atoms with van der Waals surface area (Å²) < 4.78 is 1.91. The van der Waals surface area contributed by atoms with Gasteiger partial charge in [0, 0.05) is 25.5 Å². The van der Waals surface area contributed by atoms with Gasteiger partial charge in [0.15, 0.2) is 0 Å². The zero-order valence-corrected chi connectivity index (χ0v) is 10.7. The SMILES string of the molecule is Cn1nc(CNCC2(O)CCC2)c2ccccc21. The summed E-state index contributed by atoms with van der Waals surface area (Å²) in [6.07, 6.45) is 2.98. The molecule has 1 heterocycles. The number of aromatic nitrogens is 2. The molecule has 1 saturated carbocycles. The average Bonchev–Trinajstić information content (AvgIpc) is 2.65. The van der Waals surface area contributed by atoms with Crippen LogP contribution in [0.3, 0.4) is 0 Å². The first kappa shape index (κ1) is 11.7. The molecule has 0 amide bonds. The van der Waals surface area contributed by atoms with Gasteiger partial charge in [0.25, 0.3) is 0 Å². The van der Waals surface area contributed by atoms with E-state index in [1.165, 1.54) is 5.39 Å². The predicted octanol–water partition coefficient (Wildman–Crippen LogP) is 1.58. The highest BCUT2D eigenvalue weighted by molar-refractivity contribution is 5.81. The standard InChI is InChI=1S/C14H19N3O/c1-17-13-6-3-2-5-11(13)12(16-17)9-15-10-14(18)7-4-8-14/h2-3,5-6,15,18H,4,7-10H2,1H3. The Morgan fingerprint density at radius 1 is 1.39 bits per heavy atom. The highest BCUT2D eigenvalue weighted by Gasteiger charge is 2.33. The average molecular weight is 245 g/mol. The zero-order valence-electron chi connectivity index (χ0n) is 10.7. The first-order valence-corrected chi connectivity index (χ1v) is 6.52. The van der Waals surface area contributed by atoms with Crippen LogP contribution in [0.1, 0.15) is 25.0 Å². The summed E-state index contributed by atoms with van der Waals surface area (Å²) in [5.41, 5.74) is 1.73. The van der Waals surface area contributed by atoms with Crippen LogP contribution in [0.4, 0.5) is 0 Å². The second kappa shape index (κ2) is 4.37. The third kappa shape index (κ3) is 2.02. The van der Waals surface area contributed by atoms with Crippen molar-refractivity contribution in [2.75, 3.05) is 6.54 Å². The van der Waals surface area contributed by atoms with Gasteiger partial charge in [-0.05, 0) is 25.3 Å². The molecule has 0 spiro atoms. The van der Waals surface area contributed by atoms with Crippen molar-refractivity contribution in [3.63, 3.8) is 0 Å². The Morgan fingerprint density at radius 2 is 2.17 bits per heavy atom. The Labute approximate surface area is 107 Å². The molecule has 0 unspecified atom stereocenters. The van der Waals surface area contributed by atoms with Gasteiger partial charge in [-0.3, -0.25) is 4.68 Å². The maximum absolute atomic E-state index is 10.0. The molecule has 2 aromatic rings. The zero-order chi connectivity index (χ0) is 12.6. The van der Waals surface area contributed by atoms with Gasteiger partial charge in [-0.2, -0.15) is 5.10 Å². The molecule has 18 heavy (non-hydrogen) atoms. The van der Waals surface area contributed by atoms with E-state index < -0.39 is 5.60 Å². The van der Waals surface area contributed by atoms with Crippen molar-refractivity contribution >= 4 is 10.9 Å². The molecule has 0 atom stereocenters. The van der Waals surface area contributed by atoms with Crippen LogP contribution in [0, 0.1) is 0 Å². The molecule has 2 N–H and O–H groups in total. The summed E-state index contributed by atoms with van der Waals surface area (Å²) in [5.74, 6) is 0. The largest absolute Gasteiger partial charge is 0.389 e. The Morgan fingerprint density at radius 3 is 2.89 bits per heavy atom. The number of hydrogen-bond donors (Lipinski definition) is 2.